The third kappa shape index (κ3) is 3.96. The molecule has 1 fully saturated rings. The van der Waals surface area contributed by atoms with Gasteiger partial charge in [-0.3, -0.25) is 14.8 Å². The summed E-state index contributed by atoms with van der Waals surface area (Å²) >= 11 is 1.37. The van der Waals surface area contributed by atoms with E-state index >= 15 is 0 Å². The number of nitrogens with zero attached hydrogens (tertiary/aromatic N) is 3. The van der Waals surface area contributed by atoms with Crippen LogP contribution in [0.4, 0.5) is 13.9 Å². The molecule has 0 spiro atoms. The molecule has 9 heteroatoms. The second-order valence-electron chi connectivity index (χ2n) is 5.75. The van der Waals surface area contributed by atoms with E-state index in [9.17, 15) is 13.6 Å². The van der Waals surface area contributed by atoms with E-state index in [2.05, 4.69) is 15.4 Å². The number of carbonyl (C=O) groups excluding carboxylic acids is 1. The third-order valence-electron chi connectivity index (χ3n) is 3.91. The van der Waals surface area contributed by atoms with Gasteiger partial charge in [-0.2, -0.15) is 5.10 Å². The standard InChI is InChI=1S/C15H18F2N4O2S/c1-21-8-11(12(20-21)13(16)17)14(22)19-15-18-7-10(24-15)6-9-2-4-23-5-3-9/h7-9,13H,2-6H2,1H3,(H,18,19,22). The Morgan fingerprint density at radius 3 is 2.96 bits per heavy atom. The van der Waals surface area contributed by atoms with E-state index in [0.29, 0.717) is 11.0 Å². The Morgan fingerprint density at radius 1 is 1.50 bits per heavy atom. The van der Waals surface area contributed by atoms with Crippen molar-refractivity contribution in [1.82, 2.24) is 14.8 Å². The van der Waals surface area contributed by atoms with Gasteiger partial charge in [-0.15, -0.1) is 11.3 Å². The number of amides is 1. The summed E-state index contributed by atoms with van der Waals surface area (Å²) in [4.78, 5) is 17.4. The van der Waals surface area contributed by atoms with Crippen molar-refractivity contribution in [3.8, 4) is 0 Å². The Labute approximate surface area is 141 Å². The molecule has 0 saturated carbocycles. The Balaban J connectivity index is 1.65. The molecule has 3 rings (SSSR count). The van der Waals surface area contributed by atoms with Crippen molar-refractivity contribution in [2.45, 2.75) is 25.7 Å². The molecule has 1 amide bonds. The van der Waals surface area contributed by atoms with E-state index in [-0.39, 0.29) is 5.56 Å². The average molecular weight is 356 g/mol. The monoisotopic (exact) mass is 356 g/mol. The number of hydrogen-bond donors (Lipinski definition) is 1. The second-order valence-corrected chi connectivity index (χ2v) is 6.86. The normalized spacial score (nSPS) is 15.8. The van der Waals surface area contributed by atoms with Crippen molar-refractivity contribution in [2.24, 2.45) is 13.0 Å². The number of rotatable bonds is 5. The maximum Gasteiger partial charge on any atom is 0.282 e. The van der Waals surface area contributed by atoms with Gasteiger partial charge in [0.25, 0.3) is 12.3 Å². The summed E-state index contributed by atoms with van der Waals surface area (Å²) in [6.07, 6.45) is 3.15. The predicted molar refractivity (Wildman–Crippen MR) is 85.5 cm³/mol. The highest BCUT2D eigenvalue weighted by Gasteiger charge is 2.23. The van der Waals surface area contributed by atoms with Crippen molar-refractivity contribution in [1.29, 1.82) is 0 Å². The van der Waals surface area contributed by atoms with E-state index in [1.54, 1.807) is 6.20 Å². The molecule has 6 nitrogen and oxygen atoms in total. The maximum absolute atomic E-state index is 12.9. The van der Waals surface area contributed by atoms with Gasteiger partial charge in [-0.1, -0.05) is 0 Å². The van der Waals surface area contributed by atoms with Crippen LogP contribution >= 0.6 is 11.3 Å². The summed E-state index contributed by atoms with van der Waals surface area (Å²) < 4.78 is 32.4. The van der Waals surface area contributed by atoms with Gasteiger partial charge < -0.3 is 4.74 Å². The van der Waals surface area contributed by atoms with Crippen LogP contribution in [0.1, 0.15) is 40.2 Å². The Hall–Kier alpha value is -1.87. The van der Waals surface area contributed by atoms with Gasteiger partial charge in [0, 0.05) is 37.5 Å². The summed E-state index contributed by atoms with van der Waals surface area (Å²) in [5, 5.41) is 6.62. The molecule has 2 aromatic rings. The van der Waals surface area contributed by atoms with Gasteiger partial charge in [-0.05, 0) is 25.2 Å². The molecule has 1 N–H and O–H groups in total. The minimum absolute atomic E-state index is 0.131. The van der Waals surface area contributed by atoms with E-state index in [0.717, 1.165) is 37.4 Å². The Kier molecular flexibility index (Phi) is 5.20. The Morgan fingerprint density at radius 2 is 2.25 bits per heavy atom. The van der Waals surface area contributed by atoms with Crippen molar-refractivity contribution < 1.29 is 18.3 Å². The molecule has 0 unspecified atom stereocenters. The lowest BCUT2D eigenvalue weighted by Crippen LogP contribution is -2.17. The van der Waals surface area contributed by atoms with Crippen molar-refractivity contribution in [3.63, 3.8) is 0 Å². The molecule has 0 aliphatic carbocycles. The second kappa shape index (κ2) is 7.35. The topological polar surface area (TPSA) is 69.0 Å². The molecular formula is C15H18F2N4O2S. The lowest BCUT2D eigenvalue weighted by atomic mass is 9.96. The van der Waals surface area contributed by atoms with Gasteiger partial charge in [0.1, 0.15) is 5.69 Å². The maximum atomic E-state index is 12.9. The van der Waals surface area contributed by atoms with E-state index < -0.39 is 18.0 Å². The number of aromatic nitrogens is 3. The smallest absolute Gasteiger partial charge is 0.282 e. The van der Waals surface area contributed by atoms with E-state index in [4.69, 9.17) is 4.74 Å². The summed E-state index contributed by atoms with van der Waals surface area (Å²) in [6, 6.07) is 0. The number of aryl methyl sites for hydroxylation is 1. The van der Waals surface area contributed by atoms with Crippen LogP contribution in [0.3, 0.4) is 0 Å². The number of ether oxygens (including phenoxy) is 1. The molecular weight excluding hydrogens is 338 g/mol. The van der Waals surface area contributed by atoms with Gasteiger partial charge in [0.2, 0.25) is 0 Å². The molecule has 0 aromatic carbocycles. The summed E-state index contributed by atoms with van der Waals surface area (Å²) in [7, 11) is 1.50. The highest BCUT2D eigenvalue weighted by atomic mass is 32.1. The lowest BCUT2D eigenvalue weighted by molar-refractivity contribution is 0.0667. The van der Waals surface area contributed by atoms with Crippen molar-refractivity contribution in [2.75, 3.05) is 18.5 Å². The van der Waals surface area contributed by atoms with Crippen LogP contribution in [-0.4, -0.2) is 33.9 Å². The first kappa shape index (κ1) is 17.0. The number of hydrogen-bond acceptors (Lipinski definition) is 5. The first-order valence-corrected chi connectivity index (χ1v) is 8.50. The van der Waals surface area contributed by atoms with Crippen LogP contribution in [0, 0.1) is 5.92 Å². The number of thiazole rings is 1. The minimum atomic E-state index is -2.80. The fraction of sp³-hybridized carbons (Fsp3) is 0.533. The van der Waals surface area contributed by atoms with Crippen LogP contribution in [0.25, 0.3) is 0 Å². The van der Waals surface area contributed by atoms with Crippen LogP contribution < -0.4 is 5.32 Å². The number of anilines is 1. The van der Waals surface area contributed by atoms with Gasteiger partial charge >= 0.3 is 0 Å². The molecule has 24 heavy (non-hydrogen) atoms. The molecule has 0 bridgehead atoms. The average Bonchev–Trinajstić information content (AvgIpc) is 3.15. The number of nitrogens with one attached hydrogen (secondary N) is 1. The van der Waals surface area contributed by atoms with Crippen LogP contribution in [0.2, 0.25) is 0 Å². The van der Waals surface area contributed by atoms with Crippen LogP contribution in [-0.2, 0) is 18.2 Å². The highest BCUT2D eigenvalue weighted by Crippen LogP contribution is 2.27. The number of alkyl halides is 2. The third-order valence-corrected chi connectivity index (χ3v) is 4.85. The fourth-order valence-electron chi connectivity index (χ4n) is 2.70. The molecule has 0 atom stereocenters. The van der Waals surface area contributed by atoms with Crippen LogP contribution in [0.15, 0.2) is 12.4 Å². The predicted octanol–water partition coefficient (Wildman–Crippen LogP) is 3.04. The quantitative estimate of drug-likeness (QED) is 0.894. The van der Waals surface area contributed by atoms with Crippen molar-refractivity contribution in [3.05, 3.63) is 28.5 Å². The zero-order valence-electron chi connectivity index (χ0n) is 13.2. The first-order chi connectivity index (χ1) is 11.5. The minimum Gasteiger partial charge on any atom is -0.381 e. The van der Waals surface area contributed by atoms with Crippen LogP contribution in [0.5, 0.6) is 0 Å². The van der Waals surface area contributed by atoms with E-state index in [1.807, 2.05) is 0 Å². The highest BCUT2D eigenvalue weighted by molar-refractivity contribution is 7.15. The fourth-order valence-corrected chi connectivity index (χ4v) is 3.62. The molecule has 1 aliphatic heterocycles. The lowest BCUT2D eigenvalue weighted by Gasteiger charge is -2.20. The van der Waals surface area contributed by atoms with Crippen molar-refractivity contribution >= 4 is 22.4 Å². The molecule has 130 valence electrons. The molecule has 0 radical (unpaired) electrons. The van der Waals surface area contributed by atoms with Gasteiger partial charge in [0.15, 0.2) is 5.13 Å². The summed E-state index contributed by atoms with van der Waals surface area (Å²) in [6.45, 7) is 1.56. The molecule has 1 saturated heterocycles. The molecule has 3 heterocycles. The SMILES string of the molecule is Cn1cc(C(=O)Nc2ncc(CC3CCOCC3)s2)c(C(F)F)n1. The van der Waals surface area contributed by atoms with Gasteiger partial charge in [0.05, 0.1) is 5.56 Å². The summed E-state index contributed by atoms with van der Waals surface area (Å²) in [5.41, 5.74) is -0.650. The zero-order valence-corrected chi connectivity index (χ0v) is 14.0. The zero-order chi connectivity index (χ0) is 17.1. The van der Waals surface area contributed by atoms with Gasteiger partial charge in [-0.25, -0.2) is 13.8 Å². The number of halogens is 2. The van der Waals surface area contributed by atoms with E-state index in [1.165, 1.54) is 29.3 Å². The summed E-state index contributed by atoms with van der Waals surface area (Å²) in [5.74, 6) is -0.0584. The largest absolute Gasteiger partial charge is 0.381 e. The Bertz CT molecular complexity index is 710. The first-order valence-electron chi connectivity index (χ1n) is 7.68. The molecule has 1 aliphatic rings. The number of carbonyl (C=O) groups is 1. The molecule has 2 aromatic heterocycles.